The molecule has 1 unspecified atom stereocenters. The molecule has 3 amide bonds. The number of anilines is 1. The Kier molecular flexibility index (Phi) is 6.34. The number of amides is 3. The highest BCUT2D eigenvalue weighted by Crippen LogP contribution is 2.31. The van der Waals surface area contributed by atoms with Crippen LogP contribution in [0.25, 0.3) is 0 Å². The zero-order valence-electron chi connectivity index (χ0n) is 15.5. The lowest BCUT2D eigenvalue weighted by Gasteiger charge is -2.35. The molecular weight excluding hydrogens is 368 g/mol. The first-order valence-electron chi connectivity index (χ1n) is 9.32. The standard InChI is InChI=1S/C19H25ClN4O3/c1-2-21-17(25)13-22-7-9-23(10-8-22)19(27)14-11-18(26)24(12-14)16-6-4-3-5-15(16)20/h3-6,14H,2,7-13H2,1H3,(H,21,25). The van der Waals surface area contributed by atoms with E-state index in [1.165, 1.54) is 0 Å². The molecule has 1 aromatic rings. The summed E-state index contributed by atoms with van der Waals surface area (Å²) in [6, 6.07) is 7.19. The van der Waals surface area contributed by atoms with Gasteiger partial charge in [0.15, 0.2) is 0 Å². The fraction of sp³-hybridized carbons (Fsp3) is 0.526. The molecule has 1 N–H and O–H groups in total. The highest BCUT2D eigenvalue weighted by molar-refractivity contribution is 6.33. The molecule has 2 fully saturated rings. The summed E-state index contributed by atoms with van der Waals surface area (Å²) in [5.41, 5.74) is 0.659. The number of piperazine rings is 1. The molecule has 0 radical (unpaired) electrons. The molecule has 2 aliphatic heterocycles. The van der Waals surface area contributed by atoms with Crippen molar-refractivity contribution < 1.29 is 14.4 Å². The average Bonchev–Trinajstić information content (AvgIpc) is 3.04. The van der Waals surface area contributed by atoms with Crippen LogP contribution >= 0.6 is 11.6 Å². The normalized spacial score (nSPS) is 20.8. The van der Waals surface area contributed by atoms with Crippen molar-refractivity contribution in [3.63, 3.8) is 0 Å². The van der Waals surface area contributed by atoms with Gasteiger partial charge in [0, 0.05) is 45.7 Å². The Morgan fingerprint density at radius 3 is 2.56 bits per heavy atom. The van der Waals surface area contributed by atoms with Gasteiger partial charge in [0.1, 0.15) is 0 Å². The van der Waals surface area contributed by atoms with Gasteiger partial charge in [-0.15, -0.1) is 0 Å². The van der Waals surface area contributed by atoms with Crippen LogP contribution in [0.2, 0.25) is 5.02 Å². The van der Waals surface area contributed by atoms with E-state index in [1.807, 2.05) is 28.9 Å². The van der Waals surface area contributed by atoms with Gasteiger partial charge in [0.05, 0.1) is 23.2 Å². The van der Waals surface area contributed by atoms with Gasteiger partial charge in [-0.2, -0.15) is 0 Å². The van der Waals surface area contributed by atoms with Gasteiger partial charge < -0.3 is 15.1 Å². The van der Waals surface area contributed by atoms with Crippen molar-refractivity contribution in [1.29, 1.82) is 0 Å². The maximum atomic E-state index is 12.9. The maximum Gasteiger partial charge on any atom is 0.234 e. The minimum absolute atomic E-state index is 0.00838. The number of nitrogens with one attached hydrogen (secondary N) is 1. The van der Waals surface area contributed by atoms with E-state index in [0.29, 0.717) is 56.5 Å². The van der Waals surface area contributed by atoms with Crippen molar-refractivity contribution in [3.8, 4) is 0 Å². The predicted octanol–water partition coefficient (Wildman–Crippen LogP) is 0.973. The van der Waals surface area contributed by atoms with Gasteiger partial charge in [-0.05, 0) is 19.1 Å². The predicted molar refractivity (Wildman–Crippen MR) is 104 cm³/mol. The van der Waals surface area contributed by atoms with Gasteiger partial charge in [0.25, 0.3) is 0 Å². The van der Waals surface area contributed by atoms with Gasteiger partial charge in [-0.25, -0.2) is 0 Å². The lowest BCUT2D eigenvalue weighted by atomic mass is 10.1. The number of carbonyl (C=O) groups is 3. The summed E-state index contributed by atoms with van der Waals surface area (Å²) < 4.78 is 0. The molecule has 0 spiro atoms. The Balaban J connectivity index is 1.54. The third kappa shape index (κ3) is 4.59. The molecule has 2 aliphatic rings. The average molecular weight is 393 g/mol. The van der Waals surface area contributed by atoms with Crippen molar-refractivity contribution >= 4 is 35.0 Å². The van der Waals surface area contributed by atoms with Crippen LogP contribution in [0.5, 0.6) is 0 Å². The van der Waals surface area contributed by atoms with Gasteiger partial charge in [-0.1, -0.05) is 23.7 Å². The number of benzene rings is 1. The number of halogens is 1. The van der Waals surface area contributed by atoms with E-state index < -0.39 is 0 Å². The van der Waals surface area contributed by atoms with Crippen LogP contribution in [0.4, 0.5) is 5.69 Å². The van der Waals surface area contributed by atoms with Crippen molar-refractivity contribution in [1.82, 2.24) is 15.1 Å². The summed E-state index contributed by atoms with van der Waals surface area (Å²) in [5.74, 6) is -0.398. The maximum absolute atomic E-state index is 12.9. The zero-order chi connectivity index (χ0) is 19.4. The molecule has 8 heteroatoms. The number of hydrogen-bond donors (Lipinski definition) is 1. The first kappa shape index (κ1) is 19.6. The van der Waals surface area contributed by atoms with Gasteiger partial charge in [0.2, 0.25) is 17.7 Å². The molecular formula is C19H25ClN4O3. The Bertz CT molecular complexity index is 719. The number of para-hydroxylation sites is 1. The highest BCUT2D eigenvalue weighted by Gasteiger charge is 2.38. The van der Waals surface area contributed by atoms with E-state index in [1.54, 1.807) is 17.0 Å². The van der Waals surface area contributed by atoms with Gasteiger partial charge >= 0.3 is 0 Å². The third-order valence-electron chi connectivity index (χ3n) is 5.04. The molecule has 0 saturated carbocycles. The Labute approximate surface area is 164 Å². The number of hydrogen-bond acceptors (Lipinski definition) is 4. The Hall–Kier alpha value is -2.12. The third-order valence-corrected chi connectivity index (χ3v) is 5.36. The van der Waals surface area contributed by atoms with Crippen LogP contribution in [0, 0.1) is 5.92 Å². The van der Waals surface area contributed by atoms with Crippen LogP contribution in [-0.4, -0.2) is 73.3 Å². The van der Waals surface area contributed by atoms with Crippen molar-refractivity contribution in [2.75, 3.05) is 50.7 Å². The zero-order valence-corrected chi connectivity index (χ0v) is 16.2. The molecule has 0 bridgehead atoms. The Morgan fingerprint density at radius 2 is 1.89 bits per heavy atom. The second kappa shape index (κ2) is 8.71. The first-order chi connectivity index (χ1) is 13.0. The van der Waals surface area contributed by atoms with E-state index in [0.717, 1.165) is 0 Å². The van der Waals surface area contributed by atoms with Crippen molar-refractivity contribution in [2.45, 2.75) is 13.3 Å². The highest BCUT2D eigenvalue weighted by atomic mass is 35.5. The van der Waals surface area contributed by atoms with E-state index in [2.05, 4.69) is 5.32 Å². The van der Waals surface area contributed by atoms with Crippen LogP contribution < -0.4 is 10.2 Å². The van der Waals surface area contributed by atoms with Crippen molar-refractivity contribution in [2.24, 2.45) is 5.92 Å². The summed E-state index contributed by atoms with van der Waals surface area (Å²) in [6.45, 7) is 5.72. The topological polar surface area (TPSA) is 73.0 Å². The fourth-order valence-electron chi connectivity index (χ4n) is 3.62. The molecule has 3 rings (SSSR count). The lowest BCUT2D eigenvalue weighted by Crippen LogP contribution is -2.52. The van der Waals surface area contributed by atoms with Crippen molar-refractivity contribution in [3.05, 3.63) is 29.3 Å². The number of nitrogens with zero attached hydrogens (tertiary/aromatic N) is 3. The van der Waals surface area contributed by atoms with Crippen LogP contribution in [-0.2, 0) is 14.4 Å². The summed E-state index contributed by atoms with van der Waals surface area (Å²) in [6.07, 6.45) is 0.211. The van der Waals surface area contributed by atoms with Gasteiger partial charge in [-0.3, -0.25) is 19.3 Å². The molecule has 2 heterocycles. The molecule has 7 nitrogen and oxygen atoms in total. The quantitative estimate of drug-likeness (QED) is 0.810. The molecule has 146 valence electrons. The minimum atomic E-state index is -0.344. The second-order valence-corrected chi connectivity index (χ2v) is 7.32. The van der Waals surface area contributed by atoms with E-state index in [4.69, 9.17) is 11.6 Å². The lowest BCUT2D eigenvalue weighted by molar-refractivity contribution is -0.137. The smallest absolute Gasteiger partial charge is 0.234 e. The summed E-state index contributed by atoms with van der Waals surface area (Å²) in [5, 5.41) is 3.30. The molecule has 1 atom stereocenters. The second-order valence-electron chi connectivity index (χ2n) is 6.91. The molecule has 2 saturated heterocycles. The van der Waals surface area contributed by atoms with E-state index in [-0.39, 0.29) is 30.1 Å². The monoisotopic (exact) mass is 392 g/mol. The number of carbonyl (C=O) groups excluding carboxylic acids is 3. The number of likely N-dealkylation sites (N-methyl/N-ethyl adjacent to an activating group) is 1. The van der Waals surface area contributed by atoms with Crippen LogP contribution in [0.1, 0.15) is 13.3 Å². The molecule has 0 aromatic heterocycles. The van der Waals surface area contributed by atoms with Crippen LogP contribution in [0.15, 0.2) is 24.3 Å². The largest absolute Gasteiger partial charge is 0.355 e. The first-order valence-corrected chi connectivity index (χ1v) is 9.70. The van der Waals surface area contributed by atoms with Crippen LogP contribution in [0.3, 0.4) is 0 Å². The summed E-state index contributed by atoms with van der Waals surface area (Å²) >= 11 is 6.20. The van der Waals surface area contributed by atoms with E-state index >= 15 is 0 Å². The molecule has 0 aliphatic carbocycles. The fourth-order valence-corrected chi connectivity index (χ4v) is 3.85. The Morgan fingerprint density at radius 1 is 1.19 bits per heavy atom. The molecule has 1 aromatic carbocycles. The summed E-state index contributed by atoms with van der Waals surface area (Å²) in [4.78, 5) is 42.4. The van der Waals surface area contributed by atoms with E-state index in [9.17, 15) is 14.4 Å². The number of rotatable bonds is 5. The SMILES string of the molecule is CCNC(=O)CN1CCN(C(=O)C2CC(=O)N(c3ccccc3Cl)C2)CC1. The molecule has 27 heavy (non-hydrogen) atoms. The minimum Gasteiger partial charge on any atom is -0.355 e. The summed E-state index contributed by atoms with van der Waals surface area (Å²) in [7, 11) is 0.